The van der Waals surface area contributed by atoms with Gasteiger partial charge in [0.1, 0.15) is 18.0 Å². The maximum Gasteiger partial charge on any atom is 0.246 e. The van der Waals surface area contributed by atoms with Crippen LogP contribution in [0.15, 0.2) is 89.9 Å². The van der Waals surface area contributed by atoms with Crippen molar-refractivity contribution in [2.45, 2.75) is 6.54 Å². The highest BCUT2D eigenvalue weighted by atomic mass is 16.5. The Bertz CT molecular complexity index is 1170. The third kappa shape index (κ3) is 3.91. The maximum atomic E-state index is 12.4. The summed E-state index contributed by atoms with van der Waals surface area (Å²) < 4.78 is 7.25. The van der Waals surface area contributed by atoms with E-state index >= 15 is 0 Å². The number of anilines is 1. The predicted octanol–water partition coefficient (Wildman–Crippen LogP) is 3.83. The normalized spacial score (nSPS) is 10.6. The third-order valence-electron chi connectivity index (χ3n) is 4.17. The van der Waals surface area contributed by atoms with E-state index in [1.165, 1.54) is 10.9 Å². The van der Waals surface area contributed by atoms with E-state index in [0.717, 1.165) is 5.75 Å². The van der Waals surface area contributed by atoms with E-state index in [9.17, 15) is 9.59 Å². The van der Waals surface area contributed by atoms with Gasteiger partial charge in [-0.3, -0.25) is 14.3 Å². The van der Waals surface area contributed by atoms with Gasteiger partial charge < -0.3 is 10.1 Å². The lowest BCUT2D eigenvalue weighted by atomic mass is 10.2. The summed E-state index contributed by atoms with van der Waals surface area (Å²) in [6.45, 7) is 0.00304. The Balaban J connectivity index is 1.44. The molecule has 0 bridgehead atoms. The van der Waals surface area contributed by atoms with Crippen LogP contribution in [0.4, 0.5) is 5.69 Å². The molecule has 1 amide bonds. The number of hydrogen-bond donors (Lipinski definition) is 1. The third-order valence-corrected chi connectivity index (χ3v) is 4.17. The average molecular weight is 371 g/mol. The van der Waals surface area contributed by atoms with Crippen molar-refractivity contribution in [3.63, 3.8) is 0 Å². The van der Waals surface area contributed by atoms with Gasteiger partial charge in [0.25, 0.3) is 0 Å². The zero-order valence-electron chi connectivity index (χ0n) is 14.9. The number of rotatable bonds is 5. The number of fused-ring (bicyclic) bond motifs is 1. The van der Waals surface area contributed by atoms with Gasteiger partial charge in [0, 0.05) is 11.1 Å². The Kier molecular flexibility index (Phi) is 4.84. The Hall–Kier alpha value is -3.93. The van der Waals surface area contributed by atoms with Gasteiger partial charge in [0.05, 0.1) is 11.7 Å². The van der Waals surface area contributed by atoms with Crippen LogP contribution in [0.2, 0.25) is 0 Å². The number of hydrogen-bond acceptors (Lipinski definition) is 4. The molecule has 0 saturated carbocycles. The first-order valence-corrected chi connectivity index (χ1v) is 8.77. The van der Waals surface area contributed by atoms with E-state index in [0.29, 0.717) is 22.3 Å². The molecule has 4 aromatic rings. The van der Waals surface area contributed by atoms with Gasteiger partial charge >= 0.3 is 0 Å². The number of nitrogens with one attached hydrogen (secondary N) is 1. The number of carbonyl (C=O) groups excluding carboxylic acids is 1. The van der Waals surface area contributed by atoms with E-state index in [-0.39, 0.29) is 17.9 Å². The largest absolute Gasteiger partial charge is 0.457 e. The van der Waals surface area contributed by atoms with Crippen LogP contribution in [-0.4, -0.2) is 15.7 Å². The van der Waals surface area contributed by atoms with Crippen molar-refractivity contribution in [2.75, 3.05) is 5.32 Å². The van der Waals surface area contributed by atoms with Crippen LogP contribution in [0, 0.1) is 0 Å². The lowest BCUT2D eigenvalue weighted by molar-refractivity contribution is -0.116. The molecule has 4 rings (SSSR count). The molecule has 0 spiro atoms. The van der Waals surface area contributed by atoms with Crippen molar-refractivity contribution < 1.29 is 9.53 Å². The van der Waals surface area contributed by atoms with Crippen molar-refractivity contribution in [2.24, 2.45) is 0 Å². The Labute approximate surface area is 161 Å². The average Bonchev–Trinajstić information content (AvgIpc) is 2.73. The summed E-state index contributed by atoms with van der Waals surface area (Å²) in [5, 5.41) is 7.43. The fourth-order valence-electron chi connectivity index (χ4n) is 2.85. The molecule has 28 heavy (non-hydrogen) atoms. The van der Waals surface area contributed by atoms with Gasteiger partial charge in [-0.15, -0.1) is 0 Å². The molecule has 0 atom stereocenters. The zero-order chi connectivity index (χ0) is 19.3. The van der Waals surface area contributed by atoms with Crippen molar-refractivity contribution in [3.05, 3.63) is 95.3 Å². The summed E-state index contributed by atoms with van der Waals surface area (Å²) in [6.07, 6.45) is 1.23. The molecule has 0 aliphatic carbocycles. The van der Waals surface area contributed by atoms with Gasteiger partial charge in [-0.1, -0.05) is 30.3 Å². The number of carbonyl (C=O) groups is 1. The van der Waals surface area contributed by atoms with E-state index in [1.807, 2.05) is 36.4 Å². The molecule has 0 radical (unpaired) electrons. The lowest BCUT2D eigenvalue weighted by Crippen LogP contribution is -2.22. The van der Waals surface area contributed by atoms with Crippen LogP contribution in [0.25, 0.3) is 10.9 Å². The quantitative estimate of drug-likeness (QED) is 0.579. The first-order valence-electron chi connectivity index (χ1n) is 8.77. The topological polar surface area (TPSA) is 73.2 Å². The molecule has 0 aliphatic heterocycles. The predicted molar refractivity (Wildman–Crippen MR) is 108 cm³/mol. The summed E-state index contributed by atoms with van der Waals surface area (Å²) in [5.74, 6) is 1.19. The van der Waals surface area contributed by atoms with Gasteiger partial charge in [0.2, 0.25) is 11.3 Å². The number of benzene rings is 3. The molecule has 3 aromatic carbocycles. The molecule has 0 fully saturated rings. The highest BCUT2D eigenvalue weighted by Gasteiger charge is 2.08. The molecule has 6 heteroatoms. The second kappa shape index (κ2) is 7.75. The Morgan fingerprint density at radius 3 is 2.36 bits per heavy atom. The highest BCUT2D eigenvalue weighted by molar-refractivity contribution is 5.91. The molecule has 6 nitrogen and oxygen atoms in total. The summed E-state index contributed by atoms with van der Waals surface area (Å²) in [5.41, 5.74) is 1.11. The minimum absolute atomic E-state index is 0.00304. The van der Waals surface area contributed by atoms with Crippen LogP contribution in [0.1, 0.15) is 0 Å². The van der Waals surface area contributed by atoms with Gasteiger partial charge in [-0.05, 0) is 48.5 Å². The van der Waals surface area contributed by atoms with Crippen molar-refractivity contribution in [1.82, 2.24) is 9.78 Å². The lowest BCUT2D eigenvalue weighted by Gasteiger charge is -2.10. The highest BCUT2D eigenvalue weighted by Crippen LogP contribution is 2.22. The summed E-state index contributed by atoms with van der Waals surface area (Å²) in [4.78, 5) is 24.3. The van der Waals surface area contributed by atoms with E-state index in [2.05, 4.69) is 10.4 Å². The summed E-state index contributed by atoms with van der Waals surface area (Å²) in [7, 11) is 0. The smallest absolute Gasteiger partial charge is 0.246 e. The summed E-state index contributed by atoms with van der Waals surface area (Å²) >= 11 is 0. The number of amides is 1. The molecule has 138 valence electrons. The van der Waals surface area contributed by atoms with Crippen molar-refractivity contribution in [1.29, 1.82) is 0 Å². The minimum atomic E-state index is -0.238. The van der Waals surface area contributed by atoms with Crippen molar-refractivity contribution in [3.8, 4) is 11.5 Å². The SMILES string of the molecule is O=C(Cn1ncc(=O)c2ccccc21)Nc1ccc(Oc2ccccc2)cc1. The van der Waals surface area contributed by atoms with Crippen molar-refractivity contribution >= 4 is 22.5 Å². The van der Waals surface area contributed by atoms with Crippen LogP contribution < -0.4 is 15.5 Å². The molecular formula is C22H17N3O3. The Morgan fingerprint density at radius 2 is 1.57 bits per heavy atom. The molecule has 1 N–H and O–H groups in total. The molecule has 0 saturated heterocycles. The second-order valence-corrected chi connectivity index (χ2v) is 6.17. The van der Waals surface area contributed by atoms with Crippen LogP contribution in [-0.2, 0) is 11.3 Å². The number of para-hydroxylation sites is 2. The fraction of sp³-hybridized carbons (Fsp3) is 0.0455. The first-order chi connectivity index (χ1) is 13.7. The maximum absolute atomic E-state index is 12.4. The number of nitrogens with zero attached hydrogens (tertiary/aromatic N) is 2. The van der Waals surface area contributed by atoms with E-state index in [4.69, 9.17) is 4.74 Å². The molecule has 1 aromatic heterocycles. The molecule has 0 unspecified atom stereocenters. The Morgan fingerprint density at radius 1 is 0.893 bits per heavy atom. The van der Waals surface area contributed by atoms with Gasteiger partial charge in [0.15, 0.2) is 0 Å². The standard InChI is InChI=1S/C22H17N3O3/c26-21-14-23-25(20-9-5-4-8-19(20)21)15-22(27)24-16-10-12-18(13-11-16)28-17-6-2-1-3-7-17/h1-14H,15H2,(H,24,27). The van der Waals surface area contributed by atoms with Crippen LogP contribution in [0.3, 0.4) is 0 Å². The molecule has 1 heterocycles. The second-order valence-electron chi connectivity index (χ2n) is 6.17. The van der Waals surface area contributed by atoms with Gasteiger partial charge in [-0.25, -0.2) is 0 Å². The zero-order valence-corrected chi connectivity index (χ0v) is 14.9. The monoisotopic (exact) mass is 371 g/mol. The van der Waals surface area contributed by atoms with E-state index in [1.54, 1.807) is 42.5 Å². The molecule has 0 aliphatic rings. The fourth-order valence-corrected chi connectivity index (χ4v) is 2.85. The van der Waals surface area contributed by atoms with E-state index < -0.39 is 0 Å². The van der Waals surface area contributed by atoms with Crippen LogP contribution >= 0.6 is 0 Å². The molecular weight excluding hydrogens is 354 g/mol. The minimum Gasteiger partial charge on any atom is -0.457 e. The number of ether oxygens (including phenoxy) is 1. The first kappa shape index (κ1) is 17.5. The van der Waals surface area contributed by atoms with Gasteiger partial charge in [-0.2, -0.15) is 5.10 Å². The number of aromatic nitrogens is 2. The summed E-state index contributed by atoms with van der Waals surface area (Å²) in [6, 6.07) is 23.7. The van der Waals surface area contributed by atoms with Crippen LogP contribution in [0.5, 0.6) is 11.5 Å².